The minimum Gasteiger partial charge on any atom is -0.440 e. The van der Waals surface area contributed by atoms with E-state index in [0.717, 1.165) is 0 Å². The van der Waals surface area contributed by atoms with Crippen LogP contribution in [0.3, 0.4) is 0 Å². The summed E-state index contributed by atoms with van der Waals surface area (Å²) in [5, 5.41) is 0. The van der Waals surface area contributed by atoms with Gasteiger partial charge in [-0.1, -0.05) is 20.8 Å². The Hall–Kier alpha value is -2.37. The Balaban J connectivity index is 2.23. The molecule has 1 aliphatic heterocycles. The van der Waals surface area contributed by atoms with Crippen molar-refractivity contribution in [2.45, 2.75) is 27.0 Å². The first-order valence-electron chi connectivity index (χ1n) is 7.43. The van der Waals surface area contributed by atoms with Crippen LogP contribution < -0.4 is 0 Å². The van der Waals surface area contributed by atoms with Gasteiger partial charge in [0.2, 0.25) is 0 Å². The van der Waals surface area contributed by atoms with Gasteiger partial charge in [0.15, 0.2) is 6.23 Å². The lowest BCUT2D eigenvalue weighted by Gasteiger charge is -2.32. The standard InChI is InChI=1S/C17H22N2O4/c1-17(2,3)16-19(10-13(20)23-16)15(22)12-8-6-11(7-9-12)14(21)18(4)5/h6-9,16H,10H2,1-5H3. The van der Waals surface area contributed by atoms with Crippen LogP contribution in [0, 0.1) is 5.41 Å². The molecule has 1 saturated heterocycles. The molecular formula is C17H22N2O4. The molecule has 6 heteroatoms. The van der Waals surface area contributed by atoms with E-state index in [1.165, 1.54) is 9.80 Å². The molecule has 1 aromatic rings. The van der Waals surface area contributed by atoms with Crippen LogP contribution >= 0.6 is 0 Å². The highest BCUT2D eigenvalue weighted by molar-refractivity contribution is 5.99. The second kappa shape index (κ2) is 6.02. The third-order valence-corrected chi connectivity index (χ3v) is 3.61. The highest BCUT2D eigenvalue weighted by Gasteiger charge is 2.43. The molecule has 0 N–H and O–H groups in total. The highest BCUT2D eigenvalue weighted by Crippen LogP contribution is 2.30. The lowest BCUT2D eigenvalue weighted by Crippen LogP contribution is -2.43. The first-order valence-corrected chi connectivity index (χ1v) is 7.43. The maximum Gasteiger partial charge on any atom is 0.327 e. The summed E-state index contributed by atoms with van der Waals surface area (Å²) in [6.07, 6.45) is -0.592. The maximum atomic E-state index is 12.7. The van der Waals surface area contributed by atoms with Crippen LogP contribution in [0.1, 0.15) is 41.5 Å². The molecule has 0 spiro atoms. The Morgan fingerprint density at radius 1 is 1.13 bits per heavy atom. The summed E-state index contributed by atoms with van der Waals surface area (Å²) in [6, 6.07) is 6.42. The number of hydrogen-bond donors (Lipinski definition) is 0. The van der Waals surface area contributed by atoms with Crippen molar-refractivity contribution < 1.29 is 19.1 Å². The molecule has 0 saturated carbocycles. The zero-order valence-electron chi connectivity index (χ0n) is 14.1. The van der Waals surface area contributed by atoms with E-state index in [4.69, 9.17) is 4.74 Å². The SMILES string of the molecule is CN(C)C(=O)c1ccc(C(=O)N2CC(=O)OC2C(C)(C)C)cc1. The first kappa shape index (κ1) is 17.0. The fourth-order valence-electron chi connectivity index (χ4n) is 2.45. The number of nitrogens with zero attached hydrogens (tertiary/aromatic N) is 2. The topological polar surface area (TPSA) is 66.9 Å². The van der Waals surface area contributed by atoms with Gasteiger partial charge in [-0.15, -0.1) is 0 Å². The van der Waals surface area contributed by atoms with E-state index in [-0.39, 0.29) is 23.8 Å². The van der Waals surface area contributed by atoms with Crippen LogP contribution in [0.2, 0.25) is 0 Å². The quantitative estimate of drug-likeness (QED) is 0.779. The molecule has 1 aromatic carbocycles. The minimum absolute atomic E-state index is 0.0564. The number of carbonyl (C=O) groups excluding carboxylic acids is 3. The predicted molar refractivity (Wildman–Crippen MR) is 84.8 cm³/mol. The molecular weight excluding hydrogens is 296 g/mol. The number of carbonyl (C=O) groups is 3. The van der Waals surface area contributed by atoms with Gasteiger partial charge in [0.05, 0.1) is 0 Å². The summed E-state index contributed by atoms with van der Waals surface area (Å²) in [5.41, 5.74) is 0.559. The number of ether oxygens (including phenoxy) is 1. The smallest absolute Gasteiger partial charge is 0.327 e. The van der Waals surface area contributed by atoms with Crippen molar-refractivity contribution in [3.63, 3.8) is 0 Å². The Kier molecular flexibility index (Phi) is 4.45. The largest absolute Gasteiger partial charge is 0.440 e. The van der Waals surface area contributed by atoms with Crippen molar-refractivity contribution in [1.82, 2.24) is 9.80 Å². The van der Waals surface area contributed by atoms with Gasteiger partial charge in [-0.05, 0) is 24.3 Å². The maximum absolute atomic E-state index is 12.7. The summed E-state index contributed by atoms with van der Waals surface area (Å²) in [5.74, 6) is -0.812. The number of hydrogen-bond acceptors (Lipinski definition) is 4. The number of benzene rings is 1. The van der Waals surface area contributed by atoms with E-state index < -0.39 is 12.2 Å². The number of cyclic esters (lactones) is 1. The molecule has 6 nitrogen and oxygen atoms in total. The number of esters is 1. The van der Waals surface area contributed by atoms with Crippen LogP contribution in [-0.4, -0.2) is 54.5 Å². The summed E-state index contributed by atoms with van der Waals surface area (Å²) in [6.45, 7) is 5.68. The van der Waals surface area contributed by atoms with Gasteiger partial charge in [0.25, 0.3) is 11.8 Å². The molecule has 0 aliphatic carbocycles. The lowest BCUT2D eigenvalue weighted by molar-refractivity contribution is -0.146. The molecule has 2 rings (SSSR count). The van der Waals surface area contributed by atoms with Crippen molar-refractivity contribution in [2.75, 3.05) is 20.6 Å². The monoisotopic (exact) mass is 318 g/mol. The molecule has 1 aliphatic rings. The molecule has 0 bridgehead atoms. The van der Waals surface area contributed by atoms with Crippen LogP contribution in [-0.2, 0) is 9.53 Å². The summed E-state index contributed by atoms with van der Waals surface area (Å²) >= 11 is 0. The van der Waals surface area contributed by atoms with Crippen molar-refractivity contribution >= 4 is 17.8 Å². The van der Waals surface area contributed by atoms with Crippen LogP contribution in [0.4, 0.5) is 0 Å². The van der Waals surface area contributed by atoms with Crippen LogP contribution in [0.5, 0.6) is 0 Å². The van der Waals surface area contributed by atoms with Gasteiger partial charge in [0.1, 0.15) is 6.54 Å². The third kappa shape index (κ3) is 3.52. The van der Waals surface area contributed by atoms with Crippen molar-refractivity contribution in [3.05, 3.63) is 35.4 Å². The Bertz CT molecular complexity index is 629. The van der Waals surface area contributed by atoms with Crippen molar-refractivity contribution in [2.24, 2.45) is 5.41 Å². The zero-order chi connectivity index (χ0) is 17.4. The Labute approximate surface area is 136 Å². The van der Waals surface area contributed by atoms with E-state index in [2.05, 4.69) is 0 Å². The molecule has 1 heterocycles. The highest BCUT2D eigenvalue weighted by atomic mass is 16.6. The van der Waals surface area contributed by atoms with E-state index >= 15 is 0 Å². The molecule has 1 fully saturated rings. The first-order chi connectivity index (χ1) is 10.6. The fraction of sp³-hybridized carbons (Fsp3) is 0.471. The van der Waals surface area contributed by atoms with Gasteiger partial charge in [-0.25, -0.2) is 0 Å². The van der Waals surface area contributed by atoms with E-state index in [1.54, 1.807) is 38.4 Å². The van der Waals surface area contributed by atoms with Gasteiger partial charge >= 0.3 is 5.97 Å². The van der Waals surface area contributed by atoms with E-state index in [0.29, 0.717) is 11.1 Å². The molecule has 0 radical (unpaired) electrons. The zero-order valence-corrected chi connectivity index (χ0v) is 14.1. The molecule has 0 aromatic heterocycles. The van der Waals surface area contributed by atoms with Crippen LogP contribution in [0.15, 0.2) is 24.3 Å². The van der Waals surface area contributed by atoms with E-state index in [9.17, 15) is 14.4 Å². The summed E-state index contributed by atoms with van der Waals surface area (Å²) in [7, 11) is 3.34. The molecule has 1 unspecified atom stereocenters. The number of amides is 2. The predicted octanol–water partition coefficient (Wildman–Crippen LogP) is 1.76. The van der Waals surface area contributed by atoms with Crippen molar-refractivity contribution in [3.8, 4) is 0 Å². The third-order valence-electron chi connectivity index (χ3n) is 3.61. The Morgan fingerprint density at radius 3 is 2.13 bits per heavy atom. The minimum atomic E-state index is -0.592. The molecule has 124 valence electrons. The van der Waals surface area contributed by atoms with Gasteiger partial charge in [-0.3, -0.25) is 19.3 Å². The summed E-state index contributed by atoms with van der Waals surface area (Å²) < 4.78 is 5.28. The Morgan fingerprint density at radius 2 is 1.65 bits per heavy atom. The molecule has 23 heavy (non-hydrogen) atoms. The fourth-order valence-corrected chi connectivity index (χ4v) is 2.45. The van der Waals surface area contributed by atoms with Gasteiger partial charge in [-0.2, -0.15) is 0 Å². The molecule has 1 atom stereocenters. The second-order valence-corrected chi connectivity index (χ2v) is 6.92. The summed E-state index contributed by atoms with van der Waals surface area (Å²) in [4.78, 5) is 39.0. The van der Waals surface area contributed by atoms with E-state index in [1.807, 2.05) is 20.8 Å². The van der Waals surface area contributed by atoms with Crippen LogP contribution in [0.25, 0.3) is 0 Å². The van der Waals surface area contributed by atoms with Crippen molar-refractivity contribution in [1.29, 1.82) is 0 Å². The normalized spacial score (nSPS) is 17.9. The molecule has 2 amide bonds. The second-order valence-electron chi connectivity index (χ2n) is 6.92. The van der Waals surface area contributed by atoms with Gasteiger partial charge < -0.3 is 9.64 Å². The number of rotatable bonds is 2. The average molecular weight is 318 g/mol. The lowest BCUT2D eigenvalue weighted by atomic mass is 9.93. The average Bonchev–Trinajstić information content (AvgIpc) is 2.88. The van der Waals surface area contributed by atoms with Gasteiger partial charge in [0, 0.05) is 30.6 Å².